The van der Waals surface area contributed by atoms with Gasteiger partial charge in [0.25, 0.3) is 0 Å². The minimum Gasteiger partial charge on any atom is -0.377 e. The molecular formula is C22H57N11O5. The van der Waals surface area contributed by atoms with Gasteiger partial charge < -0.3 is 65.3 Å². The Morgan fingerprint density at radius 1 is 0.553 bits per heavy atom. The summed E-state index contributed by atoms with van der Waals surface area (Å²) in [5.41, 5.74) is 33.6. The molecule has 0 aromatic heterocycles. The summed E-state index contributed by atoms with van der Waals surface area (Å²) in [6, 6.07) is -2.74. The maximum Gasteiger partial charge on any atom is 0.167 e. The Morgan fingerprint density at radius 2 is 1.03 bits per heavy atom. The number of aliphatic hydroxyl groups is 5. The molecule has 0 aliphatic carbocycles. The maximum absolute atomic E-state index is 11.1. The van der Waals surface area contributed by atoms with Gasteiger partial charge in [0.2, 0.25) is 0 Å². The Hall–Kier alpha value is -0.640. The van der Waals surface area contributed by atoms with E-state index in [-0.39, 0.29) is 0 Å². The van der Waals surface area contributed by atoms with Crippen molar-refractivity contribution >= 4 is 0 Å². The van der Waals surface area contributed by atoms with Crippen LogP contribution in [0.4, 0.5) is 0 Å². The molecule has 22 N–H and O–H groups in total. The lowest BCUT2D eigenvalue weighted by atomic mass is 10.0. The molecule has 230 valence electrons. The predicted octanol–water partition coefficient (Wildman–Crippen LogP) is -6.21. The van der Waals surface area contributed by atoms with E-state index >= 15 is 0 Å². The second-order valence-corrected chi connectivity index (χ2v) is 9.56. The zero-order chi connectivity index (χ0) is 28.9. The molecule has 0 aliphatic heterocycles. The van der Waals surface area contributed by atoms with E-state index in [2.05, 4.69) is 26.6 Å². The summed E-state index contributed by atoms with van der Waals surface area (Å²) in [5, 5.41) is 66.8. The van der Waals surface area contributed by atoms with Crippen LogP contribution >= 0.6 is 0 Å². The monoisotopic (exact) mass is 555 g/mol. The normalized spacial score (nSPS) is 17.9. The molecule has 0 aliphatic rings. The van der Waals surface area contributed by atoms with Crippen LogP contribution in [0.15, 0.2) is 0 Å². The van der Waals surface area contributed by atoms with E-state index < -0.39 is 55.4 Å². The molecule has 16 heteroatoms. The Labute approximate surface area is 226 Å². The van der Waals surface area contributed by atoms with Gasteiger partial charge >= 0.3 is 0 Å². The zero-order valence-corrected chi connectivity index (χ0v) is 22.6. The molecule has 0 aromatic carbocycles. The summed E-state index contributed by atoms with van der Waals surface area (Å²) in [4.78, 5) is 0. The van der Waals surface area contributed by atoms with Gasteiger partial charge in [0.15, 0.2) is 6.29 Å². The fourth-order valence-electron chi connectivity index (χ4n) is 3.99. The zero-order valence-electron chi connectivity index (χ0n) is 22.6. The van der Waals surface area contributed by atoms with Crippen LogP contribution in [0, 0.1) is 0 Å². The van der Waals surface area contributed by atoms with Gasteiger partial charge in [-0.25, -0.2) is 0 Å². The molecule has 0 amide bonds. The molecule has 16 nitrogen and oxygen atoms in total. The molecule has 3 unspecified atom stereocenters. The van der Waals surface area contributed by atoms with Crippen LogP contribution in [0.25, 0.3) is 0 Å². The Balaban J connectivity index is 5.33. The Morgan fingerprint density at radius 3 is 1.55 bits per heavy atom. The summed E-state index contributed by atoms with van der Waals surface area (Å²) >= 11 is 0. The first-order valence-electron chi connectivity index (χ1n) is 13.6. The molecule has 0 radical (unpaired) electrons. The largest absolute Gasteiger partial charge is 0.377 e. The predicted molar refractivity (Wildman–Crippen MR) is 147 cm³/mol. The number of nitrogens with two attached hydrogens (primary N) is 6. The van der Waals surface area contributed by atoms with Gasteiger partial charge in [-0.2, -0.15) is 0 Å². The molecule has 0 aromatic rings. The van der Waals surface area contributed by atoms with Gasteiger partial charge in [-0.3, -0.25) is 21.3 Å². The van der Waals surface area contributed by atoms with Crippen LogP contribution in [0.5, 0.6) is 0 Å². The highest BCUT2D eigenvalue weighted by Crippen LogP contribution is 2.11. The second kappa shape index (κ2) is 23.1. The molecule has 0 fully saturated rings. The molecule has 0 heterocycles. The van der Waals surface area contributed by atoms with Crippen molar-refractivity contribution in [2.75, 3.05) is 32.8 Å². The summed E-state index contributed by atoms with van der Waals surface area (Å²) in [6.07, 6.45) is -1.90. The van der Waals surface area contributed by atoms with E-state index in [4.69, 9.17) is 34.4 Å². The summed E-state index contributed by atoms with van der Waals surface area (Å²) < 4.78 is 0. The van der Waals surface area contributed by atoms with Gasteiger partial charge in [-0.05, 0) is 77.5 Å². The fraction of sp³-hybridized carbons (Fsp3) is 1.00. The first-order valence-corrected chi connectivity index (χ1v) is 13.6. The van der Waals surface area contributed by atoms with E-state index in [1.54, 1.807) is 0 Å². The van der Waals surface area contributed by atoms with Crippen LogP contribution in [-0.4, -0.2) is 114 Å². The Kier molecular flexibility index (Phi) is 22.7. The van der Waals surface area contributed by atoms with Crippen molar-refractivity contribution in [3.05, 3.63) is 0 Å². The first-order chi connectivity index (χ1) is 18.1. The van der Waals surface area contributed by atoms with E-state index in [0.29, 0.717) is 84.2 Å². The van der Waals surface area contributed by atoms with Crippen LogP contribution < -0.4 is 61.0 Å². The molecule has 0 bridgehead atoms. The number of nitrogens with one attached hydrogen (secondary N) is 5. The first kappa shape index (κ1) is 37.4. The van der Waals surface area contributed by atoms with Gasteiger partial charge in [-0.1, -0.05) is 0 Å². The van der Waals surface area contributed by atoms with Gasteiger partial charge in [0.05, 0.1) is 6.04 Å². The lowest BCUT2D eigenvalue weighted by Crippen LogP contribution is -2.61. The smallest absolute Gasteiger partial charge is 0.167 e. The van der Waals surface area contributed by atoms with Crippen LogP contribution in [0.3, 0.4) is 0 Å². The fourth-order valence-corrected chi connectivity index (χ4v) is 3.99. The van der Waals surface area contributed by atoms with Gasteiger partial charge in [0.1, 0.15) is 25.0 Å². The van der Waals surface area contributed by atoms with Crippen molar-refractivity contribution in [3.63, 3.8) is 0 Å². The Bertz CT molecular complexity index is 542. The maximum atomic E-state index is 11.1. The van der Waals surface area contributed by atoms with Gasteiger partial charge in [0, 0.05) is 24.8 Å². The number of rotatable bonds is 26. The van der Waals surface area contributed by atoms with E-state index in [1.807, 2.05) is 0 Å². The standard InChI is InChI=1S/C22H57N11O5/c23-9-1-5-14(26)18(34)31-16(7-3-11-29-13-25)19(35)32-15(6-2-10-24)20(36)33-17(21(37)38)8-4-12-30-22(27)28/h14-22,29-38H,1-13,23-28H2/t14?,15?,16-,17-,18+,19?,20+/m1/s1. The van der Waals surface area contributed by atoms with Crippen molar-refractivity contribution in [1.82, 2.24) is 26.6 Å². The summed E-state index contributed by atoms with van der Waals surface area (Å²) in [6.45, 7) is 2.19. The second-order valence-electron chi connectivity index (χ2n) is 9.56. The molecule has 0 rings (SSSR count). The minimum atomic E-state index is -1.73. The lowest BCUT2D eigenvalue weighted by Gasteiger charge is -2.35. The highest BCUT2D eigenvalue weighted by molar-refractivity contribution is 4.86. The van der Waals surface area contributed by atoms with Crippen molar-refractivity contribution in [1.29, 1.82) is 0 Å². The van der Waals surface area contributed by atoms with Crippen molar-refractivity contribution < 1.29 is 25.5 Å². The SMILES string of the molecule is NCCCC(N)[C@H](O)N[C@H](CCCNCN)C(O)NC(CCCN)[C@H](O)N[C@H](CCCNC(N)N)C(O)O. The summed E-state index contributed by atoms with van der Waals surface area (Å²) in [7, 11) is 0. The van der Waals surface area contributed by atoms with Crippen molar-refractivity contribution in [2.24, 2.45) is 34.4 Å². The van der Waals surface area contributed by atoms with Crippen LogP contribution in [0.2, 0.25) is 0 Å². The molecule has 7 atom stereocenters. The van der Waals surface area contributed by atoms with Crippen LogP contribution in [0.1, 0.15) is 51.4 Å². The molecule has 0 saturated carbocycles. The van der Waals surface area contributed by atoms with E-state index in [9.17, 15) is 25.5 Å². The quantitative estimate of drug-likeness (QED) is 0.0348. The highest BCUT2D eigenvalue weighted by atomic mass is 16.5. The third-order valence-corrected chi connectivity index (χ3v) is 6.23. The van der Waals surface area contributed by atoms with E-state index in [0.717, 1.165) is 0 Å². The number of hydrogen-bond donors (Lipinski definition) is 16. The average Bonchev–Trinajstić information content (AvgIpc) is 2.87. The minimum absolute atomic E-state index is 0.311. The highest BCUT2D eigenvalue weighted by Gasteiger charge is 2.30. The number of aliphatic hydroxyl groups excluding tert-OH is 4. The van der Waals surface area contributed by atoms with Gasteiger partial charge in [-0.15, -0.1) is 0 Å². The van der Waals surface area contributed by atoms with Crippen molar-refractivity contribution in [3.8, 4) is 0 Å². The molecule has 0 saturated heterocycles. The van der Waals surface area contributed by atoms with Crippen molar-refractivity contribution in [2.45, 2.75) is 107 Å². The summed E-state index contributed by atoms with van der Waals surface area (Å²) in [5.74, 6) is 0. The number of hydrogen-bond acceptors (Lipinski definition) is 16. The van der Waals surface area contributed by atoms with Crippen LogP contribution in [-0.2, 0) is 0 Å². The topological polar surface area (TPSA) is 317 Å². The molecule has 38 heavy (non-hydrogen) atoms. The van der Waals surface area contributed by atoms with E-state index in [1.165, 1.54) is 0 Å². The molecule has 0 spiro atoms. The average molecular weight is 556 g/mol. The third kappa shape index (κ3) is 17.9. The lowest BCUT2D eigenvalue weighted by molar-refractivity contribution is -0.0860. The molecular weight excluding hydrogens is 498 g/mol. The third-order valence-electron chi connectivity index (χ3n) is 6.23.